The zero-order valence-electron chi connectivity index (χ0n) is 8.45. The smallest absolute Gasteiger partial charge is 0.0790 e. The van der Waals surface area contributed by atoms with E-state index in [0.717, 1.165) is 19.6 Å². The first-order chi connectivity index (χ1) is 6.29. The van der Waals surface area contributed by atoms with E-state index in [1.54, 1.807) is 0 Å². The normalized spacial score (nSPS) is 30.7. The van der Waals surface area contributed by atoms with Crippen LogP contribution in [0.4, 0.5) is 0 Å². The molecule has 3 unspecified atom stereocenters. The standard InChI is InChI=1S/C9H20N2O2/c1-3-12-6-8(11-10)9-7(2)4-5-13-9/h7-9,11H,3-6,10H2,1-2H3. The van der Waals surface area contributed by atoms with E-state index >= 15 is 0 Å². The number of rotatable bonds is 5. The molecule has 0 saturated carbocycles. The van der Waals surface area contributed by atoms with Crippen LogP contribution in [0.25, 0.3) is 0 Å². The molecule has 4 nitrogen and oxygen atoms in total. The summed E-state index contributed by atoms with van der Waals surface area (Å²) < 4.78 is 10.9. The lowest BCUT2D eigenvalue weighted by Crippen LogP contribution is -2.48. The molecule has 1 saturated heterocycles. The molecule has 0 aliphatic carbocycles. The lowest BCUT2D eigenvalue weighted by atomic mass is 9.98. The van der Waals surface area contributed by atoms with Gasteiger partial charge in [0.25, 0.3) is 0 Å². The van der Waals surface area contributed by atoms with Crippen molar-refractivity contribution in [1.82, 2.24) is 5.43 Å². The van der Waals surface area contributed by atoms with Crippen molar-refractivity contribution in [3.8, 4) is 0 Å². The molecular formula is C9H20N2O2. The minimum absolute atomic E-state index is 0.123. The van der Waals surface area contributed by atoms with Gasteiger partial charge in [-0.2, -0.15) is 0 Å². The second-order valence-electron chi connectivity index (χ2n) is 3.53. The van der Waals surface area contributed by atoms with Gasteiger partial charge in [-0.3, -0.25) is 11.3 Å². The highest BCUT2D eigenvalue weighted by molar-refractivity contribution is 4.83. The first-order valence-electron chi connectivity index (χ1n) is 4.95. The van der Waals surface area contributed by atoms with E-state index < -0.39 is 0 Å². The molecule has 13 heavy (non-hydrogen) atoms. The second-order valence-corrected chi connectivity index (χ2v) is 3.53. The molecule has 0 radical (unpaired) electrons. The SMILES string of the molecule is CCOCC(NN)C1OCCC1C. The molecule has 0 amide bonds. The Hall–Kier alpha value is -0.160. The maximum Gasteiger partial charge on any atom is 0.0790 e. The zero-order valence-corrected chi connectivity index (χ0v) is 8.45. The van der Waals surface area contributed by atoms with E-state index in [2.05, 4.69) is 12.3 Å². The molecule has 0 aromatic carbocycles. The van der Waals surface area contributed by atoms with Crippen molar-refractivity contribution in [2.75, 3.05) is 19.8 Å². The minimum Gasteiger partial charge on any atom is -0.380 e. The van der Waals surface area contributed by atoms with Crippen molar-refractivity contribution >= 4 is 0 Å². The van der Waals surface area contributed by atoms with Crippen LogP contribution in [0.2, 0.25) is 0 Å². The monoisotopic (exact) mass is 188 g/mol. The zero-order chi connectivity index (χ0) is 9.68. The second kappa shape index (κ2) is 5.54. The third-order valence-corrected chi connectivity index (χ3v) is 2.56. The quantitative estimate of drug-likeness (QED) is 0.480. The Morgan fingerprint density at radius 3 is 2.92 bits per heavy atom. The van der Waals surface area contributed by atoms with Crippen molar-refractivity contribution in [2.45, 2.75) is 32.4 Å². The van der Waals surface area contributed by atoms with Gasteiger partial charge in [0.2, 0.25) is 0 Å². The molecule has 0 aromatic heterocycles. The topological polar surface area (TPSA) is 56.5 Å². The predicted molar refractivity (Wildman–Crippen MR) is 51.1 cm³/mol. The lowest BCUT2D eigenvalue weighted by Gasteiger charge is -2.24. The summed E-state index contributed by atoms with van der Waals surface area (Å²) in [6, 6.07) is 0.123. The van der Waals surface area contributed by atoms with Crippen molar-refractivity contribution in [2.24, 2.45) is 11.8 Å². The number of ether oxygens (including phenoxy) is 2. The third-order valence-electron chi connectivity index (χ3n) is 2.56. The molecule has 1 rings (SSSR count). The van der Waals surface area contributed by atoms with Gasteiger partial charge in [0.05, 0.1) is 18.8 Å². The maximum absolute atomic E-state index is 5.59. The van der Waals surface area contributed by atoms with E-state index in [9.17, 15) is 0 Å². The molecule has 1 heterocycles. The number of nitrogens with one attached hydrogen (secondary N) is 1. The number of hydrogen-bond acceptors (Lipinski definition) is 4. The fourth-order valence-corrected chi connectivity index (χ4v) is 1.71. The lowest BCUT2D eigenvalue weighted by molar-refractivity contribution is 0.0196. The average molecular weight is 188 g/mol. The largest absolute Gasteiger partial charge is 0.380 e. The molecule has 3 atom stereocenters. The van der Waals surface area contributed by atoms with E-state index in [1.165, 1.54) is 0 Å². The summed E-state index contributed by atoms with van der Waals surface area (Å²) in [5.41, 5.74) is 2.76. The van der Waals surface area contributed by atoms with Crippen molar-refractivity contribution < 1.29 is 9.47 Å². The Balaban J connectivity index is 2.35. The first kappa shape index (κ1) is 10.9. The number of hydrogen-bond donors (Lipinski definition) is 2. The van der Waals surface area contributed by atoms with E-state index in [0.29, 0.717) is 12.5 Å². The van der Waals surface area contributed by atoms with Gasteiger partial charge in [0.1, 0.15) is 0 Å². The molecule has 4 heteroatoms. The molecule has 0 bridgehead atoms. The van der Waals surface area contributed by atoms with Gasteiger partial charge in [0, 0.05) is 13.2 Å². The fourth-order valence-electron chi connectivity index (χ4n) is 1.71. The molecule has 3 N–H and O–H groups in total. The highest BCUT2D eigenvalue weighted by Crippen LogP contribution is 2.22. The van der Waals surface area contributed by atoms with Crippen LogP contribution in [0.1, 0.15) is 20.3 Å². The van der Waals surface area contributed by atoms with Crippen LogP contribution in [-0.4, -0.2) is 32.0 Å². The van der Waals surface area contributed by atoms with Crippen molar-refractivity contribution in [1.29, 1.82) is 0 Å². The Morgan fingerprint density at radius 2 is 2.46 bits per heavy atom. The van der Waals surface area contributed by atoms with Gasteiger partial charge in [-0.15, -0.1) is 0 Å². The van der Waals surface area contributed by atoms with Crippen LogP contribution in [0.15, 0.2) is 0 Å². The molecule has 1 aliphatic rings. The summed E-state index contributed by atoms with van der Waals surface area (Å²) in [6.45, 7) is 6.36. The van der Waals surface area contributed by atoms with E-state index in [-0.39, 0.29) is 12.1 Å². The van der Waals surface area contributed by atoms with E-state index in [1.807, 2.05) is 6.92 Å². The van der Waals surface area contributed by atoms with Crippen molar-refractivity contribution in [3.63, 3.8) is 0 Å². The molecule has 78 valence electrons. The van der Waals surface area contributed by atoms with E-state index in [4.69, 9.17) is 15.3 Å². The fraction of sp³-hybridized carbons (Fsp3) is 1.00. The molecule has 0 spiro atoms. The summed E-state index contributed by atoms with van der Waals surface area (Å²) in [4.78, 5) is 0. The predicted octanol–water partition coefficient (Wildman–Crippen LogP) is 0.280. The first-order valence-corrected chi connectivity index (χ1v) is 4.95. The summed E-state index contributed by atoms with van der Waals surface area (Å²) in [7, 11) is 0. The Bertz CT molecular complexity index is 144. The van der Waals surface area contributed by atoms with Crippen LogP contribution >= 0.6 is 0 Å². The third kappa shape index (κ3) is 2.91. The summed E-state index contributed by atoms with van der Waals surface area (Å²) >= 11 is 0. The van der Waals surface area contributed by atoms with Crippen LogP contribution in [0.5, 0.6) is 0 Å². The molecular weight excluding hydrogens is 168 g/mol. The van der Waals surface area contributed by atoms with Crippen LogP contribution in [0, 0.1) is 5.92 Å². The minimum atomic E-state index is 0.123. The van der Waals surface area contributed by atoms with Gasteiger partial charge in [-0.25, -0.2) is 0 Å². The summed E-state index contributed by atoms with van der Waals surface area (Å²) in [5.74, 6) is 6.02. The van der Waals surface area contributed by atoms with Crippen LogP contribution < -0.4 is 11.3 Å². The van der Waals surface area contributed by atoms with Gasteiger partial charge in [0.15, 0.2) is 0 Å². The number of hydrazine groups is 1. The summed E-state index contributed by atoms with van der Waals surface area (Å²) in [5, 5.41) is 0. The highest BCUT2D eigenvalue weighted by atomic mass is 16.5. The molecule has 1 fully saturated rings. The van der Waals surface area contributed by atoms with Crippen LogP contribution in [-0.2, 0) is 9.47 Å². The highest BCUT2D eigenvalue weighted by Gasteiger charge is 2.31. The molecule has 1 aliphatic heterocycles. The number of nitrogens with two attached hydrogens (primary N) is 1. The average Bonchev–Trinajstić information content (AvgIpc) is 2.54. The van der Waals surface area contributed by atoms with Gasteiger partial charge >= 0.3 is 0 Å². The Kier molecular flexibility index (Phi) is 4.66. The van der Waals surface area contributed by atoms with Gasteiger partial charge < -0.3 is 9.47 Å². The Labute approximate surface area is 79.7 Å². The van der Waals surface area contributed by atoms with Gasteiger partial charge in [-0.05, 0) is 19.3 Å². The molecule has 0 aromatic rings. The van der Waals surface area contributed by atoms with Crippen LogP contribution in [0.3, 0.4) is 0 Å². The summed E-state index contributed by atoms with van der Waals surface area (Å²) in [6.07, 6.45) is 1.33. The van der Waals surface area contributed by atoms with Gasteiger partial charge in [-0.1, -0.05) is 6.92 Å². The maximum atomic E-state index is 5.59. The van der Waals surface area contributed by atoms with Crippen molar-refractivity contribution in [3.05, 3.63) is 0 Å². The Morgan fingerprint density at radius 1 is 1.69 bits per heavy atom.